The van der Waals surface area contributed by atoms with E-state index in [1.54, 1.807) is 0 Å². The number of likely N-dealkylation sites (tertiary alicyclic amines) is 1. The van der Waals surface area contributed by atoms with Gasteiger partial charge in [0.15, 0.2) is 0 Å². The Labute approximate surface area is 154 Å². The van der Waals surface area contributed by atoms with Crippen LogP contribution < -0.4 is 4.74 Å². The highest BCUT2D eigenvalue weighted by Crippen LogP contribution is 2.55. The van der Waals surface area contributed by atoms with Crippen molar-refractivity contribution in [1.29, 1.82) is 0 Å². The monoisotopic (exact) mass is 363 g/mol. The van der Waals surface area contributed by atoms with Gasteiger partial charge in [-0.25, -0.2) is 0 Å². The minimum atomic E-state index is -0.0278. The lowest BCUT2D eigenvalue weighted by atomic mass is 9.74. The van der Waals surface area contributed by atoms with Crippen LogP contribution in [0, 0.1) is 11.8 Å². The molecule has 4 aliphatic heterocycles. The van der Waals surface area contributed by atoms with Crippen LogP contribution in [0.2, 0.25) is 5.02 Å². The van der Waals surface area contributed by atoms with E-state index in [2.05, 4.69) is 30.9 Å². The maximum absolute atomic E-state index is 9.79. The fraction of sp³-hybridized carbons (Fsp3) is 0.700. The highest BCUT2D eigenvalue weighted by molar-refractivity contribution is 6.30. The van der Waals surface area contributed by atoms with Crippen molar-refractivity contribution < 1.29 is 14.6 Å². The molecule has 2 bridgehead atoms. The van der Waals surface area contributed by atoms with Crippen molar-refractivity contribution in [2.75, 3.05) is 26.3 Å². The van der Waals surface area contributed by atoms with Crippen molar-refractivity contribution >= 4 is 11.6 Å². The van der Waals surface area contributed by atoms with Gasteiger partial charge in [0, 0.05) is 59.6 Å². The van der Waals surface area contributed by atoms with Crippen LogP contribution in [0.15, 0.2) is 12.1 Å². The Kier molecular flexibility index (Phi) is 3.50. The molecular formula is C20H26ClNO3. The van der Waals surface area contributed by atoms with E-state index in [1.807, 2.05) is 0 Å². The second-order valence-corrected chi connectivity index (χ2v) is 9.43. The van der Waals surface area contributed by atoms with E-state index in [0.29, 0.717) is 18.4 Å². The number of aliphatic hydroxyl groups is 1. The number of fused-ring (bicyclic) bond motifs is 2. The Morgan fingerprint density at radius 1 is 1.36 bits per heavy atom. The lowest BCUT2D eigenvalue weighted by Gasteiger charge is -2.28. The van der Waals surface area contributed by atoms with Crippen molar-refractivity contribution in [3.8, 4) is 5.75 Å². The summed E-state index contributed by atoms with van der Waals surface area (Å²) in [5.41, 5.74) is 2.39. The van der Waals surface area contributed by atoms with Crippen LogP contribution in [-0.2, 0) is 16.7 Å². The zero-order valence-corrected chi connectivity index (χ0v) is 15.7. The number of ether oxygens (including phenoxy) is 2. The van der Waals surface area contributed by atoms with Crippen molar-refractivity contribution in [2.24, 2.45) is 11.8 Å². The van der Waals surface area contributed by atoms with Gasteiger partial charge in [0.05, 0.1) is 18.3 Å². The fourth-order valence-corrected chi connectivity index (χ4v) is 5.90. The summed E-state index contributed by atoms with van der Waals surface area (Å²) in [6.45, 7) is 8.15. The van der Waals surface area contributed by atoms with Crippen LogP contribution in [0.25, 0.3) is 0 Å². The number of benzene rings is 1. The van der Waals surface area contributed by atoms with Crippen LogP contribution in [0.1, 0.15) is 37.8 Å². The first kappa shape index (κ1) is 16.4. The predicted molar refractivity (Wildman–Crippen MR) is 96.2 cm³/mol. The van der Waals surface area contributed by atoms with Crippen LogP contribution >= 0.6 is 11.6 Å². The maximum atomic E-state index is 9.79. The zero-order valence-electron chi connectivity index (χ0n) is 14.9. The number of hydrogen-bond donors (Lipinski definition) is 1. The molecule has 4 nitrogen and oxygen atoms in total. The molecule has 0 amide bonds. The molecule has 1 spiro atoms. The van der Waals surface area contributed by atoms with E-state index in [-0.39, 0.29) is 23.7 Å². The van der Waals surface area contributed by atoms with Crippen LogP contribution in [0.4, 0.5) is 0 Å². The highest BCUT2D eigenvalue weighted by atomic mass is 35.5. The summed E-state index contributed by atoms with van der Waals surface area (Å²) in [6, 6.07) is 4.10. The molecule has 1 N–H and O–H groups in total. The van der Waals surface area contributed by atoms with Gasteiger partial charge in [0.1, 0.15) is 5.75 Å². The van der Waals surface area contributed by atoms with Gasteiger partial charge >= 0.3 is 0 Å². The van der Waals surface area contributed by atoms with E-state index in [0.717, 1.165) is 43.2 Å². The van der Waals surface area contributed by atoms with Gasteiger partial charge in [0.2, 0.25) is 0 Å². The molecule has 1 aromatic carbocycles. The van der Waals surface area contributed by atoms with E-state index in [9.17, 15) is 5.11 Å². The Balaban J connectivity index is 1.41. The van der Waals surface area contributed by atoms with Crippen LogP contribution in [0.5, 0.6) is 5.75 Å². The summed E-state index contributed by atoms with van der Waals surface area (Å²) in [5, 5.41) is 10.6. The first-order chi connectivity index (χ1) is 11.9. The van der Waals surface area contributed by atoms with E-state index >= 15 is 0 Å². The third kappa shape index (κ3) is 2.31. The lowest BCUT2D eigenvalue weighted by molar-refractivity contribution is 0.000328. The molecule has 3 saturated heterocycles. The third-order valence-electron chi connectivity index (χ3n) is 6.90. The molecular weight excluding hydrogens is 338 g/mol. The van der Waals surface area contributed by atoms with Gasteiger partial charge in [-0.05, 0) is 25.0 Å². The predicted octanol–water partition coefficient (Wildman–Crippen LogP) is 2.98. The molecule has 0 aliphatic carbocycles. The average molecular weight is 364 g/mol. The Hall–Kier alpha value is -0.810. The van der Waals surface area contributed by atoms with E-state index < -0.39 is 0 Å². The SMILES string of the molecule is CC1(C)COc2c(CN3C[C@@H]4[C@H](CO)[C@H]5CC[C@]4(C3)O5)cc(Cl)cc21. The Bertz CT molecular complexity index is 721. The first-order valence-electron chi connectivity index (χ1n) is 9.39. The standard InChI is InChI=1S/C20H26ClNO3/c1-19(2)11-24-18-12(5-13(21)6-15(18)19)7-22-8-16-14(9-23)17-3-4-20(16,10-22)25-17/h5-6,14,16-17,23H,3-4,7-11H2,1-2H3/t14-,16+,17+,20+/m0/s1. The molecule has 5 rings (SSSR count). The largest absolute Gasteiger partial charge is 0.492 e. The fourth-order valence-electron chi connectivity index (χ4n) is 5.66. The minimum absolute atomic E-state index is 0.0129. The molecule has 25 heavy (non-hydrogen) atoms. The average Bonchev–Trinajstić information content (AvgIpc) is 3.25. The molecule has 1 aromatic rings. The summed E-state index contributed by atoms with van der Waals surface area (Å²) in [4.78, 5) is 2.47. The van der Waals surface area contributed by atoms with Crippen LogP contribution in [0.3, 0.4) is 0 Å². The number of rotatable bonds is 3. The zero-order chi connectivity index (χ0) is 17.4. The van der Waals surface area contributed by atoms with Gasteiger partial charge in [-0.1, -0.05) is 25.4 Å². The number of aliphatic hydroxyl groups excluding tert-OH is 1. The molecule has 4 aliphatic rings. The first-order valence-corrected chi connectivity index (χ1v) is 9.76. The van der Waals surface area contributed by atoms with Gasteiger partial charge in [-0.3, -0.25) is 4.90 Å². The van der Waals surface area contributed by atoms with Gasteiger partial charge in [0.25, 0.3) is 0 Å². The number of halogens is 1. The molecule has 0 radical (unpaired) electrons. The Morgan fingerprint density at radius 2 is 2.20 bits per heavy atom. The second-order valence-electron chi connectivity index (χ2n) is 9.00. The molecule has 0 unspecified atom stereocenters. The molecule has 0 aromatic heterocycles. The topological polar surface area (TPSA) is 41.9 Å². The molecule has 4 heterocycles. The van der Waals surface area contributed by atoms with Crippen molar-refractivity contribution in [3.63, 3.8) is 0 Å². The minimum Gasteiger partial charge on any atom is -0.492 e. The molecule has 4 atom stereocenters. The van der Waals surface area contributed by atoms with Crippen molar-refractivity contribution in [1.82, 2.24) is 4.90 Å². The quantitative estimate of drug-likeness (QED) is 0.896. The maximum Gasteiger partial charge on any atom is 0.127 e. The lowest BCUT2D eigenvalue weighted by Crippen LogP contribution is -2.37. The van der Waals surface area contributed by atoms with E-state index in [4.69, 9.17) is 21.1 Å². The Morgan fingerprint density at radius 3 is 3.00 bits per heavy atom. The summed E-state index contributed by atoms with van der Waals surface area (Å²) in [6.07, 6.45) is 2.50. The summed E-state index contributed by atoms with van der Waals surface area (Å²) in [5.74, 6) is 1.78. The van der Waals surface area contributed by atoms with Gasteiger partial charge < -0.3 is 14.6 Å². The summed E-state index contributed by atoms with van der Waals surface area (Å²) in [7, 11) is 0. The van der Waals surface area contributed by atoms with Crippen LogP contribution in [-0.4, -0.2) is 48.0 Å². The second kappa shape index (κ2) is 5.35. The van der Waals surface area contributed by atoms with E-state index in [1.165, 1.54) is 11.1 Å². The smallest absolute Gasteiger partial charge is 0.127 e. The summed E-state index contributed by atoms with van der Waals surface area (Å²) < 4.78 is 12.4. The normalized spacial score (nSPS) is 38.0. The third-order valence-corrected chi connectivity index (χ3v) is 7.11. The molecule has 0 saturated carbocycles. The van der Waals surface area contributed by atoms with Crippen molar-refractivity contribution in [2.45, 2.75) is 50.4 Å². The van der Waals surface area contributed by atoms with Crippen molar-refractivity contribution in [3.05, 3.63) is 28.3 Å². The molecule has 3 fully saturated rings. The molecule has 136 valence electrons. The molecule has 5 heteroatoms. The number of nitrogens with zero attached hydrogens (tertiary/aromatic N) is 1. The highest BCUT2D eigenvalue weighted by Gasteiger charge is 2.62. The summed E-state index contributed by atoms with van der Waals surface area (Å²) >= 11 is 6.41. The number of hydrogen-bond acceptors (Lipinski definition) is 4. The van der Waals surface area contributed by atoms with Gasteiger partial charge in [-0.15, -0.1) is 0 Å². The van der Waals surface area contributed by atoms with Gasteiger partial charge in [-0.2, -0.15) is 0 Å².